The van der Waals surface area contributed by atoms with Gasteiger partial charge >= 0.3 is 0 Å². The maximum atomic E-state index is 8.70. The summed E-state index contributed by atoms with van der Waals surface area (Å²) in [6.07, 6.45) is 2.23. The summed E-state index contributed by atoms with van der Waals surface area (Å²) < 4.78 is 5.29. The molecule has 0 amide bonds. The lowest BCUT2D eigenvalue weighted by Crippen LogP contribution is -2.37. The fraction of sp³-hybridized carbons (Fsp3) is 1.00. The Morgan fingerprint density at radius 2 is 1.92 bits per heavy atom. The van der Waals surface area contributed by atoms with E-state index in [2.05, 4.69) is 12.2 Å². The summed E-state index contributed by atoms with van der Waals surface area (Å²) in [4.78, 5) is 0. The van der Waals surface area contributed by atoms with E-state index in [0.29, 0.717) is 13.2 Å². The summed E-state index contributed by atoms with van der Waals surface area (Å²) in [7, 11) is 0. The molecule has 0 saturated heterocycles. The third kappa shape index (κ3) is 8.18. The van der Waals surface area contributed by atoms with Crippen LogP contribution in [0, 0.1) is 0 Å². The Balaban J connectivity index is 3.05. The van der Waals surface area contributed by atoms with Gasteiger partial charge in [0.2, 0.25) is 0 Å². The molecule has 0 bridgehead atoms. The van der Waals surface area contributed by atoms with E-state index in [9.17, 15) is 0 Å². The molecule has 0 atom stereocenters. The minimum absolute atomic E-state index is 0.0362. The van der Waals surface area contributed by atoms with E-state index in [-0.39, 0.29) is 19.3 Å². The maximum absolute atomic E-state index is 8.70. The number of ether oxygens (including phenoxy) is 1. The molecule has 0 aliphatic rings. The third-order valence-electron chi connectivity index (χ3n) is 1.76. The highest BCUT2D eigenvalue weighted by atomic mass is 16.5. The van der Waals surface area contributed by atoms with Crippen molar-refractivity contribution in [1.82, 2.24) is 5.32 Å². The first kappa shape index (κ1) is 12.8. The van der Waals surface area contributed by atoms with Crippen molar-refractivity contribution in [2.24, 2.45) is 0 Å². The van der Waals surface area contributed by atoms with E-state index in [1.165, 1.54) is 0 Å². The average molecular weight is 191 g/mol. The van der Waals surface area contributed by atoms with Gasteiger partial charge in [-0.2, -0.15) is 0 Å². The highest BCUT2D eigenvalue weighted by Gasteiger charge is 2.02. The second-order valence-corrected chi connectivity index (χ2v) is 2.98. The monoisotopic (exact) mass is 191 g/mol. The summed E-state index contributed by atoms with van der Waals surface area (Å²) in [6, 6.07) is -0.213. The molecule has 0 aromatic heterocycles. The molecule has 4 nitrogen and oxygen atoms in total. The molecule has 4 heteroatoms. The molecule has 0 aromatic rings. The van der Waals surface area contributed by atoms with E-state index in [0.717, 1.165) is 19.4 Å². The molecular weight excluding hydrogens is 170 g/mol. The summed E-state index contributed by atoms with van der Waals surface area (Å²) in [5.74, 6) is 0. The standard InChI is InChI=1S/C9H21NO3/c1-2-3-5-13-6-4-10-9(7-11)8-12/h9-12H,2-8H2,1H3. The van der Waals surface area contributed by atoms with Crippen LogP contribution in [0.5, 0.6) is 0 Å². The van der Waals surface area contributed by atoms with Gasteiger partial charge in [0.25, 0.3) is 0 Å². The number of hydrogen-bond donors (Lipinski definition) is 3. The van der Waals surface area contributed by atoms with Crippen molar-refractivity contribution in [2.45, 2.75) is 25.8 Å². The van der Waals surface area contributed by atoms with E-state index < -0.39 is 0 Å². The Kier molecular flexibility index (Phi) is 9.80. The van der Waals surface area contributed by atoms with Crippen LogP contribution in [-0.2, 0) is 4.74 Å². The van der Waals surface area contributed by atoms with Crippen LogP contribution in [0.15, 0.2) is 0 Å². The topological polar surface area (TPSA) is 61.7 Å². The van der Waals surface area contributed by atoms with Crippen LogP contribution in [0.2, 0.25) is 0 Å². The lowest BCUT2D eigenvalue weighted by Gasteiger charge is -2.12. The Bertz CT molecular complexity index is 96.9. The van der Waals surface area contributed by atoms with Gasteiger partial charge in [-0.25, -0.2) is 0 Å². The number of rotatable bonds is 9. The van der Waals surface area contributed by atoms with Crippen LogP contribution in [-0.4, -0.2) is 49.2 Å². The van der Waals surface area contributed by atoms with E-state index in [1.807, 2.05) is 0 Å². The summed E-state index contributed by atoms with van der Waals surface area (Å²) >= 11 is 0. The van der Waals surface area contributed by atoms with Crippen molar-refractivity contribution >= 4 is 0 Å². The molecule has 13 heavy (non-hydrogen) atoms. The van der Waals surface area contributed by atoms with Gasteiger partial charge in [0, 0.05) is 13.2 Å². The molecular formula is C9H21NO3. The Labute approximate surface area is 79.9 Å². The highest BCUT2D eigenvalue weighted by Crippen LogP contribution is 1.87. The number of unbranched alkanes of at least 4 members (excludes halogenated alkanes) is 1. The van der Waals surface area contributed by atoms with Gasteiger partial charge in [0.05, 0.1) is 25.9 Å². The molecule has 0 aliphatic heterocycles. The summed E-state index contributed by atoms with van der Waals surface area (Å²) in [6.45, 7) is 4.15. The Morgan fingerprint density at radius 3 is 2.46 bits per heavy atom. The van der Waals surface area contributed by atoms with Gasteiger partial charge in [0.1, 0.15) is 0 Å². The fourth-order valence-corrected chi connectivity index (χ4v) is 0.871. The van der Waals surface area contributed by atoms with Gasteiger partial charge in [-0.15, -0.1) is 0 Å². The molecule has 0 rings (SSSR count). The average Bonchev–Trinajstić information content (AvgIpc) is 2.17. The molecule has 0 radical (unpaired) electrons. The molecule has 0 aromatic carbocycles. The third-order valence-corrected chi connectivity index (χ3v) is 1.76. The first-order chi connectivity index (χ1) is 6.35. The van der Waals surface area contributed by atoms with Crippen molar-refractivity contribution < 1.29 is 14.9 Å². The van der Waals surface area contributed by atoms with Crippen LogP contribution in [0.4, 0.5) is 0 Å². The zero-order valence-corrected chi connectivity index (χ0v) is 8.33. The van der Waals surface area contributed by atoms with E-state index in [4.69, 9.17) is 14.9 Å². The van der Waals surface area contributed by atoms with Gasteiger partial charge < -0.3 is 20.3 Å². The first-order valence-corrected chi connectivity index (χ1v) is 4.88. The van der Waals surface area contributed by atoms with Crippen molar-refractivity contribution in [1.29, 1.82) is 0 Å². The molecule has 0 aliphatic carbocycles. The molecule has 80 valence electrons. The Morgan fingerprint density at radius 1 is 1.23 bits per heavy atom. The number of nitrogens with one attached hydrogen (secondary N) is 1. The van der Waals surface area contributed by atoms with Crippen molar-refractivity contribution in [3.05, 3.63) is 0 Å². The van der Waals surface area contributed by atoms with Crippen molar-refractivity contribution in [3.8, 4) is 0 Å². The van der Waals surface area contributed by atoms with E-state index in [1.54, 1.807) is 0 Å². The molecule has 0 unspecified atom stereocenters. The Hall–Kier alpha value is -0.160. The second kappa shape index (κ2) is 9.92. The maximum Gasteiger partial charge on any atom is 0.0607 e. The predicted molar refractivity (Wildman–Crippen MR) is 51.7 cm³/mol. The largest absolute Gasteiger partial charge is 0.395 e. The van der Waals surface area contributed by atoms with Crippen molar-refractivity contribution in [2.75, 3.05) is 33.0 Å². The van der Waals surface area contributed by atoms with Gasteiger partial charge in [-0.1, -0.05) is 13.3 Å². The zero-order valence-electron chi connectivity index (χ0n) is 8.33. The van der Waals surface area contributed by atoms with Crippen molar-refractivity contribution in [3.63, 3.8) is 0 Å². The predicted octanol–water partition coefficient (Wildman–Crippen LogP) is -0.254. The quantitative estimate of drug-likeness (QED) is 0.440. The molecule has 0 heterocycles. The highest BCUT2D eigenvalue weighted by molar-refractivity contribution is 4.62. The number of hydrogen-bond acceptors (Lipinski definition) is 4. The minimum Gasteiger partial charge on any atom is -0.395 e. The zero-order chi connectivity index (χ0) is 9.94. The first-order valence-electron chi connectivity index (χ1n) is 4.88. The van der Waals surface area contributed by atoms with Crippen LogP contribution in [0.3, 0.4) is 0 Å². The summed E-state index contributed by atoms with van der Waals surface area (Å²) in [5, 5.41) is 20.4. The van der Waals surface area contributed by atoms with Gasteiger partial charge in [-0.05, 0) is 6.42 Å². The fourth-order valence-electron chi connectivity index (χ4n) is 0.871. The van der Waals surface area contributed by atoms with Gasteiger partial charge in [-0.3, -0.25) is 0 Å². The smallest absolute Gasteiger partial charge is 0.0607 e. The van der Waals surface area contributed by atoms with Gasteiger partial charge in [0.15, 0.2) is 0 Å². The van der Waals surface area contributed by atoms with Crippen LogP contribution < -0.4 is 5.32 Å². The normalized spacial score (nSPS) is 11.1. The lowest BCUT2D eigenvalue weighted by molar-refractivity contribution is 0.119. The van der Waals surface area contributed by atoms with Crippen LogP contribution in [0.25, 0.3) is 0 Å². The van der Waals surface area contributed by atoms with Crippen LogP contribution in [0.1, 0.15) is 19.8 Å². The molecule has 0 saturated carbocycles. The SMILES string of the molecule is CCCCOCCNC(CO)CO. The molecule has 3 N–H and O–H groups in total. The minimum atomic E-state index is -0.213. The van der Waals surface area contributed by atoms with E-state index >= 15 is 0 Å². The second-order valence-electron chi connectivity index (χ2n) is 2.98. The lowest BCUT2D eigenvalue weighted by atomic mass is 10.3. The number of aliphatic hydroxyl groups is 2. The molecule has 0 fully saturated rings. The van der Waals surface area contributed by atoms with Crippen LogP contribution >= 0.6 is 0 Å². The molecule has 0 spiro atoms. The summed E-state index contributed by atoms with van der Waals surface area (Å²) in [5.41, 5.74) is 0. The number of aliphatic hydroxyl groups excluding tert-OH is 2.